The Bertz CT molecular complexity index is 527. The Morgan fingerprint density at radius 3 is 2.32 bits per heavy atom. The fourth-order valence-corrected chi connectivity index (χ4v) is 2.98. The lowest BCUT2D eigenvalue weighted by atomic mass is 9.96. The third-order valence-corrected chi connectivity index (χ3v) is 4.53. The minimum absolute atomic E-state index is 0.162. The van der Waals surface area contributed by atoms with Crippen LogP contribution in [0, 0.1) is 5.92 Å². The number of aliphatic hydroxyl groups excluding tert-OH is 1. The van der Waals surface area contributed by atoms with Crippen LogP contribution < -0.4 is 5.32 Å². The van der Waals surface area contributed by atoms with Crippen molar-refractivity contribution < 1.29 is 23.1 Å². The van der Waals surface area contributed by atoms with E-state index in [1.807, 2.05) is 6.07 Å². The topological polar surface area (TPSA) is 52.6 Å². The van der Waals surface area contributed by atoms with E-state index in [1.54, 1.807) is 0 Å². The number of hydrogen-bond donors (Lipinski definition) is 2. The average Bonchev–Trinajstić information content (AvgIpc) is 2.58. The molecule has 4 nitrogen and oxygen atoms in total. The molecular formula is C18H25F3N2O2. The van der Waals surface area contributed by atoms with E-state index < -0.39 is 18.2 Å². The maximum Gasteiger partial charge on any atom is 0.395 e. The molecule has 25 heavy (non-hydrogen) atoms. The monoisotopic (exact) mass is 358 g/mol. The van der Waals surface area contributed by atoms with Crippen LogP contribution in [0.2, 0.25) is 0 Å². The van der Waals surface area contributed by atoms with Crippen molar-refractivity contribution in [2.75, 3.05) is 26.2 Å². The summed E-state index contributed by atoms with van der Waals surface area (Å²) in [7, 11) is 0. The van der Waals surface area contributed by atoms with E-state index in [0.717, 1.165) is 32.5 Å². The molecule has 2 fully saturated rings. The van der Waals surface area contributed by atoms with Crippen molar-refractivity contribution in [3.63, 3.8) is 0 Å². The average molecular weight is 358 g/mol. The number of aliphatic hydroxyl groups is 1. The zero-order chi connectivity index (χ0) is 18.3. The number of rotatable bonds is 2. The molecule has 2 aliphatic heterocycles. The molecular weight excluding hydrogens is 333 g/mol. The lowest BCUT2D eigenvalue weighted by Crippen LogP contribution is -2.47. The fraction of sp³-hybridized carbons (Fsp3) is 0.611. The number of Topliss-reactive ketones (excluding diaryl/α,β-unsaturated/α-hetero) is 1. The number of nitrogens with zero attached hydrogens (tertiary/aromatic N) is 1. The van der Waals surface area contributed by atoms with Crippen LogP contribution in [0.3, 0.4) is 0 Å². The van der Waals surface area contributed by atoms with Crippen LogP contribution in [-0.4, -0.2) is 54.2 Å². The Balaban J connectivity index is 0.000000186. The van der Waals surface area contributed by atoms with E-state index in [9.17, 15) is 18.0 Å². The number of likely N-dealkylation sites (tertiary alicyclic amines) is 1. The van der Waals surface area contributed by atoms with Crippen molar-refractivity contribution in [1.29, 1.82) is 0 Å². The molecule has 2 saturated heterocycles. The molecule has 0 amide bonds. The van der Waals surface area contributed by atoms with Crippen LogP contribution >= 0.6 is 0 Å². The Morgan fingerprint density at radius 1 is 1.16 bits per heavy atom. The Kier molecular flexibility index (Phi) is 7.40. The third kappa shape index (κ3) is 6.76. The molecule has 3 rings (SSSR count). The molecule has 2 N–H and O–H groups in total. The van der Waals surface area contributed by atoms with Crippen molar-refractivity contribution in [2.24, 2.45) is 5.92 Å². The fourth-order valence-electron chi connectivity index (χ4n) is 2.98. The summed E-state index contributed by atoms with van der Waals surface area (Å²) in [5, 5.41) is 11.5. The largest absolute Gasteiger partial charge is 0.395 e. The number of hydrogen-bond acceptors (Lipinski definition) is 4. The number of ketones is 1. The number of benzene rings is 1. The summed E-state index contributed by atoms with van der Waals surface area (Å²) in [6.07, 6.45) is -3.85. The number of halogens is 3. The first-order valence-electron chi connectivity index (χ1n) is 8.59. The molecule has 0 aromatic heterocycles. The summed E-state index contributed by atoms with van der Waals surface area (Å²) in [6, 6.07) is 10.4. The van der Waals surface area contributed by atoms with Gasteiger partial charge in [0.25, 0.3) is 0 Å². The molecule has 0 bridgehead atoms. The number of carbonyl (C=O) groups excluding carboxylic acids is 1. The summed E-state index contributed by atoms with van der Waals surface area (Å²) in [5.74, 6) is -1.18. The molecule has 0 spiro atoms. The first-order chi connectivity index (χ1) is 11.9. The van der Waals surface area contributed by atoms with Crippen LogP contribution in [0.5, 0.6) is 0 Å². The number of alkyl halides is 3. The van der Waals surface area contributed by atoms with Gasteiger partial charge < -0.3 is 10.4 Å². The summed E-state index contributed by atoms with van der Waals surface area (Å²) in [5.41, 5.74) is 1.34. The van der Waals surface area contributed by atoms with Gasteiger partial charge in [0.15, 0.2) is 0 Å². The zero-order valence-corrected chi connectivity index (χ0v) is 14.1. The van der Waals surface area contributed by atoms with Gasteiger partial charge in [0, 0.05) is 39.0 Å². The Labute approximate surface area is 146 Å². The van der Waals surface area contributed by atoms with Gasteiger partial charge in [-0.05, 0) is 18.5 Å². The van der Waals surface area contributed by atoms with Crippen molar-refractivity contribution in [1.82, 2.24) is 10.2 Å². The van der Waals surface area contributed by atoms with E-state index in [4.69, 9.17) is 5.11 Å². The predicted molar refractivity (Wildman–Crippen MR) is 89.0 cm³/mol. The molecule has 2 aliphatic rings. The second-order valence-corrected chi connectivity index (χ2v) is 6.51. The molecule has 2 unspecified atom stereocenters. The van der Waals surface area contributed by atoms with Crippen LogP contribution in [0.4, 0.5) is 13.2 Å². The highest BCUT2D eigenvalue weighted by Gasteiger charge is 2.44. The quantitative estimate of drug-likeness (QED) is 0.852. The minimum atomic E-state index is -4.27. The number of carbonyl (C=O) groups is 1. The van der Waals surface area contributed by atoms with Gasteiger partial charge >= 0.3 is 6.18 Å². The highest BCUT2D eigenvalue weighted by molar-refractivity contribution is 5.79. The van der Waals surface area contributed by atoms with E-state index in [-0.39, 0.29) is 13.0 Å². The minimum Gasteiger partial charge on any atom is -0.392 e. The zero-order valence-electron chi connectivity index (χ0n) is 14.1. The van der Waals surface area contributed by atoms with Gasteiger partial charge in [-0.1, -0.05) is 30.3 Å². The van der Waals surface area contributed by atoms with Gasteiger partial charge in [0.2, 0.25) is 0 Å². The van der Waals surface area contributed by atoms with Gasteiger partial charge in [-0.15, -0.1) is 0 Å². The van der Waals surface area contributed by atoms with Crippen molar-refractivity contribution in [3.8, 4) is 0 Å². The molecule has 0 aliphatic carbocycles. The van der Waals surface area contributed by atoms with Crippen LogP contribution in [0.1, 0.15) is 24.8 Å². The van der Waals surface area contributed by atoms with Gasteiger partial charge in [0.05, 0.1) is 12.0 Å². The Hall–Kier alpha value is -1.44. The first kappa shape index (κ1) is 19.9. The van der Waals surface area contributed by atoms with Gasteiger partial charge in [-0.25, -0.2) is 0 Å². The molecule has 7 heteroatoms. The van der Waals surface area contributed by atoms with Gasteiger partial charge in [-0.3, -0.25) is 9.69 Å². The van der Waals surface area contributed by atoms with Crippen LogP contribution in [0.25, 0.3) is 0 Å². The lowest BCUT2D eigenvalue weighted by molar-refractivity contribution is -0.203. The molecule has 0 radical (unpaired) electrons. The summed E-state index contributed by atoms with van der Waals surface area (Å²) < 4.78 is 36.0. The normalized spacial score (nSPS) is 25.2. The second kappa shape index (κ2) is 9.31. The molecule has 1 aromatic rings. The first-order valence-corrected chi connectivity index (χ1v) is 8.59. The Morgan fingerprint density at radius 2 is 1.80 bits per heavy atom. The SMILES string of the molecule is O=C1CCN(Cc2ccccc2)CC1.OC1CCNCC1C(F)(F)F. The van der Waals surface area contributed by atoms with Crippen molar-refractivity contribution >= 4 is 5.78 Å². The maximum atomic E-state index is 12.0. The maximum absolute atomic E-state index is 12.0. The number of piperidine rings is 2. The van der Waals surface area contributed by atoms with Crippen LogP contribution in [0.15, 0.2) is 30.3 Å². The molecule has 2 heterocycles. The van der Waals surface area contributed by atoms with E-state index in [0.29, 0.717) is 12.3 Å². The van der Waals surface area contributed by atoms with Gasteiger partial charge in [-0.2, -0.15) is 13.2 Å². The molecule has 1 aromatic carbocycles. The summed E-state index contributed by atoms with van der Waals surface area (Å²) in [4.78, 5) is 13.4. The summed E-state index contributed by atoms with van der Waals surface area (Å²) in [6.45, 7) is 3.13. The van der Waals surface area contributed by atoms with E-state index >= 15 is 0 Å². The second-order valence-electron chi connectivity index (χ2n) is 6.51. The highest BCUT2D eigenvalue weighted by atomic mass is 19.4. The molecule has 140 valence electrons. The van der Waals surface area contributed by atoms with Gasteiger partial charge in [0.1, 0.15) is 5.78 Å². The van der Waals surface area contributed by atoms with E-state index in [2.05, 4.69) is 34.5 Å². The highest BCUT2D eigenvalue weighted by Crippen LogP contribution is 2.30. The van der Waals surface area contributed by atoms with E-state index in [1.165, 1.54) is 5.56 Å². The summed E-state index contributed by atoms with van der Waals surface area (Å²) >= 11 is 0. The van der Waals surface area contributed by atoms with Crippen molar-refractivity contribution in [3.05, 3.63) is 35.9 Å². The standard InChI is InChI=1S/C12H15NO.C6H10F3NO/c14-12-6-8-13(9-7-12)10-11-4-2-1-3-5-11;7-6(8,9)4-3-10-2-1-5(4)11/h1-5H,6-10H2;4-5,10-11H,1-3H2. The number of nitrogens with one attached hydrogen (secondary N) is 1. The molecule has 2 atom stereocenters. The smallest absolute Gasteiger partial charge is 0.392 e. The van der Waals surface area contributed by atoms with Crippen LogP contribution in [-0.2, 0) is 11.3 Å². The predicted octanol–water partition coefficient (Wildman–Crippen LogP) is 2.37. The van der Waals surface area contributed by atoms with Crippen molar-refractivity contribution in [2.45, 2.75) is 38.1 Å². The lowest BCUT2D eigenvalue weighted by Gasteiger charge is -2.29. The third-order valence-electron chi connectivity index (χ3n) is 4.53. The molecule has 0 saturated carbocycles.